The van der Waals surface area contributed by atoms with Crippen molar-refractivity contribution in [2.75, 3.05) is 9.80 Å². The van der Waals surface area contributed by atoms with Gasteiger partial charge in [0.1, 0.15) is 11.5 Å². The Bertz CT molecular complexity index is 3570. The van der Waals surface area contributed by atoms with E-state index in [4.69, 9.17) is 4.74 Å². The highest BCUT2D eigenvalue weighted by atomic mass is 31.1. The second-order valence-electron chi connectivity index (χ2n) is 17.2. The highest BCUT2D eigenvalue weighted by molar-refractivity contribution is 7.81. The van der Waals surface area contributed by atoms with Crippen LogP contribution >= 0.6 is 7.92 Å². The third-order valence-corrected chi connectivity index (χ3v) is 16.9. The van der Waals surface area contributed by atoms with Crippen LogP contribution in [-0.4, -0.2) is 0 Å². The number of ether oxygens (including phenoxy) is 1. The average Bonchev–Trinajstić information content (AvgIpc) is 3.82. The van der Waals surface area contributed by atoms with Crippen molar-refractivity contribution in [3.8, 4) is 44.9 Å². The number of benzene rings is 10. The zero-order chi connectivity index (χ0) is 41.0. The first-order chi connectivity index (χ1) is 31.3. The molecule has 3 aliphatic heterocycles. The van der Waals surface area contributed by atoms with Crippen molar-refractivity contribution in [2.45, 2.75) is 5.41 Å². The molecule has 292 valence electrons. The van der Waals surface area contributed by atoms with Gasteiger partial charge in [0, 0.05) is 24.6 Å². The van der Waals surface area contributed by atoms with Gasteiger partial charge in [-0.3, -0.25) is 0 Å². The molecular formula is C59H35N2OP. The summed E-state index contributed by atoms with van der Waals surface area (Å²) in [7, 11) is -0.933. The number of rotatable bonds is 3. The van der Waals surface area contributed by atoms with Gasteiger partial charge in [-0.1, -0.05) is 146 Å². The van der Waals surface area contributed by atoms with Crippen LogP contribution in [0.4, 0.5) is 34.1 Å². The first kappa shape index (κ1) is 33.9. The van der Waals surface area contributed by atoms with Crippen LogP contribution in [0.2, 0.25) is 0 Å². The molecule has 3 nitrogen and oxygen atoms in total. The van der Waals surface area contributed by atoms with Gasteiger partial charge >= 0.3 is 0 Å². The van der Waals surface area contributed by atoms with Crippen LogP contribution in [0.5, 0.6) is 11.5 Å². The Hall–Kier alpha value is -7.71. The maximum Gasteiger partial charge on any atom is 0.138 e. The minimum absolute atomic E-state index is 0.406. The summed E-state index contributed by atoms with van der Waals surface area (Å²) in [6.07, 6.45) is 0. The van der Waals surface area contributed by atoms with Gasteiger partial charge in [-0.25, -0.2) is 0 Å². The van der Waals surface area contributed by atoms with Crippen LogP contribution in [0, 0.1) is 0 Å². The van der Waals surface area contributed by atoms with E-state index in [9.17, 15) is 0 Å². The van der Waals surface area contributed by atoms with E-state index in [1.165, 1.54) is 99.5 Å². The molecule has 3 heterocycles. The second-order valence-corrected chi connectivity index (χ2v) is 19.2. The lowest BCUT2D eigenvalue weighted by Gasteiger charge is -2.47. The normalized spacial score (nSPS) is 15.7. The summed E-state index contributed by atoms with van der Waals surface area (Å²) in [5.74, 6) is 1.88. The Morgan fingerprint density at radius 2 is 0.905 bits per heavy atom. The summed E-state index contributed by atoms with van der Waals surface area (Å²) >= 11 is 0. The molecular weight excluding hydrogens is 784 g/mol. The van der Waals surface area contributed by atoms with E-state index in [0.29, 0.717) is 0 Å². The molecule has 1 spiro atoms. The molecule has 0 saturated carbocycles. The lowest BCUT2D eigenvalue weighted by atomic mass is 9.69. The number of hydrogen-bond acceptors (Lipinski definition) is 3. The molecule has 0 N–H and O–H groups in total. The van der Waals surface area contributed by atoms with Crippen molar-refractivity contribution >= 4 is 68.7 Å². The standard InChI is InChI=1S/C59H35N2OP/c1-3-15-39(16-4-1)60-49-25-13-26-50-56(49)63-57-51(60)27-14-28-53(57)62-54-35-38(34-52(58(54)63)61(50)40-17-5-2-6-18-40)36-29-31-41-37(33-36)30-32-45-44-21-9-12-24-48(44)59(55(41)45)46-22-10-7-19-42(46)43-20-8-11-23-47(43)59/h1-35H. The van der Waals surface area contributed by atoms with E-state index >= 15 is 0 Å². The summed E-state index contributed by atoms with van der Waals surface area (Å²) in [6, 6.07) is 78.9. The largest absolute Gasteiger partial charge is 0.456 e. The van der Waals surface area contributed by atoms with Gasteiger partial charge in [0.25, 0.3) is 0 Å². The van der Waals surface area contributed by atoms with Crippen molar-refractivity contribution in [3.63, 3.8) is 0 Å². The average molecular weight is 819 g/mol. The van der Waals surface area contributed by atoms with Gasteiger partial charge in [0.2, 0.25) is 0 Å². The topological polar surface area (TPSA) is 15.7 Å². The smallest absolute Gasteiger partial charge is 0.138 e. The first-order valence-electron chi connectivity index (χ1n) is 21.8. The highest BCUT2D eigenvalue weighted by Crippen LogP contribution is 2.65. The highest BCUT2D eigenvalue weighted by Gasteiger charge is 2.52. The summed E-state index contributed by atoms with van der Waals surface area (Å²) in [5.41, 5.74) is 19.8. The molecule has 15 rings (SSSR count). The molecule has 63 heavy (non-hydrogen) atoms. The summed E-state index contributed by atoms with van der Waals surface area (Å²) in [4.78, 5) is 4.92. The Kier molecular flexibility index (Phi) is 6.59. The van der Waals surface area contributed by atoms with Crippen molar-refractivity contribution in [1.82, 2.24) is 0 Å². The number of anilines is 6. The lowest BCUT2D eigenvalue weighted by molar-refractivity contribution is 0.489. The molecule has 5 aliphatic rings. The molecule has 0 saturated heterocycles. The van der Waals surface area contributed by atoms with E-state index in [0.717, 1.165) is 28.4 Å². The number of para-hydroxylation sites is 2. The maximum absolute atomic E-state index is 7.16. The SMILES string of the molecule is c1ccc(N2c3cccc4c3P3c5c(cc(-c6ccc7c8c(ccc7c6)-c6ccccc6C86c7ccccc7-c7ccccc76)cc5N(c5ccccc5)c5cccc2c53)O4)cc1. The monoisotopic (exact) mass is 818 g/mol. The quantitative estimate of drug-likeness (QED) is 0.165. The molecule has 0 bridgehead atoms. The minimum atomic E-state index is -0.933. The fourth-order valence-electron chi connectivity index (χ4n) is 11.9. The number of fused-ring (bicyclic) bond motifs is 12. The van der Waals surface area contributed by atoms with E-state index in [-0.39, 0.29) is 0 Å². The van der Waals surface area contributed by atoms with Crippen LogP contribution < -0.4 is 30.5 Å². The second kappa shape index (κ2) is 12.2. The van der Waals surface area contributed by atoms with E-state index in [1.54, 1.807) is 0 Å². The molecule has 10 aromatic carbocycles. The molecule has 4 heteroatoms. The van der Waals surface area contributed by atoms with Gasteiger partial charge in [0.15, 0.2) is 0 Å². The Labute approximate surface area is 366 Å². The van der Waals surface area contributed by atoms with Crippen molar-refractivity contribution in [2.24, 2.45) is 0 Å². The molecule has 2 aliphatic carbocycles. The van der Waals surface area contributed by atoms with E-state index in [2.05, 4.69) is 222 Å². The van der Waals surface area contributed by atoms with Gasteiger partial charge in [-0.15, -0.1) is 0 Å². The number of hydrogen-bond donors (Lipinski definition) is 0. The van der Waals surface area contributed by atoms with Crippen molar-refractivity contribution in [1.29, 1.82) is 0 Å². The predicted molar refractivity (Wildman–Crippen MR) is 261 cm³/mol. The van der Waals surface area contributed by atoms with E-state index in [1.807, 2.05) is 0 Å². The zero-order valence-corrected chi connectivity index (χ0v) is 34.9. The molecule has 1 unspecified atom stereocenters. The molecule has 0 radical (unpaired) electrons. The molecule has 0 fully saturated rings. The minimum Gasteiger partial charge on any atom is -0.456 e. The first-order valence-corrected chi connectivity index (χ1v) is 23.1. The van der Waals surface area contributed by atoms with Crippen LogP contribution in [0.15, 0.2) is 212 Å². The fraction of sp³-hybridized carbons (Fsp3) is 0.0169. The Balaban J connectivity index is 0.962. The van der Waals surface area contributed by atoms with Crippen LogP contribution in [0.1, 0.15) is 22.3 Å². The Morgan fingerprint density at radius 1 is 0.365 bits per heavy atom. The molecule has 1 atom stereocenters. The van der Waals surface area contributed by atoms with Gasteiger partial charge in [0.05, 0.1) is 38.8 Å². The van der Waals surface area contributed by atoms with Crippen molar-refractivity contribution in [3.05, 3.63) is 235 Å². The van der Waals surface area contributed by atoms with Crippen LogP contribution in [-0.2, 0) is 5.41 Å². The third kappa shape index (κ3) is 4.23. The number of nitrogens with zero attached hydrogens (tertiary/aromatic N) is 2. The van der Waals surface area contributed by atoms with E-state index < -0.39 is 13.3 Å². The van der Waals surface area contributed by atoms with Crippen molar-refractivity contribution < 1.29 is 4.74 Å². The molecule has 0 aromatic heterocycles. The fourth-order valence-corrected chi connectivity index (χ4v) is 14.8. The van der Waals surface area contributed by atoms with Crippen LogP contribution in [0.3, 0.4) is 0 Å². The summed E-state index contributed by atoms with van der Waals surface area (Å²) < 4.78 is 7.16. The predicted octanol–water partition coefficient (Wildman–Crippen LogP) is 14.3. The summed E-state index contributed by atoms with van der Waals surface area (Å²) in [6.45, 7) is 0. The van der Waals surface area contributed by atoms with Gasteiger partial charge in [-0.2, -0.15) is 0 Å². The lowest BCUT2D eigenvalue weighted by Crippen LogP contribution is -2.43. The van der Waals surface area contributed by atoms with Gasteiger partial charge < -0.3 is 14.5 Å². The van der Waals surface area contributed by atoms with Crippen LogP contribution in [0.25, 0.3) is 44.2 Å². The zero-order valence-electron chi connectivity index (χ0n) is 34.0. The molecule has 0 amide bonds. The molecule has 10 aromatic rings. The maximum atomic E-state index is 7.16. The Morgan fingerprint density at radius 3 is 1.56 bits per heavy atom. The van der Waals surface area contributed by atoms with Gasteiger partial charge in [-0.05, 0) is 133 Å². The third-order valence-electron chi connectivity index (χ3n) is 14.2. The summed E-state index contributed by atoms with van der Waals surface area (Å²) in [5, 5.41) is 6.46.